The summed E-state index contributed by atoms with van der Waals surface area (Å²) in [7, 11) is 0. The third kappa shape index (κ3) is 2.75. The van der Waals surface area contributed by atoms with Crippen molar-refractivity contribution in [3.8, 4) is 0 Å². The zero-order valence-electron chi connectivity index (χ0n) is 10.9. The minimum atomic E-state index is 0.167. The maximum absolute atomic E-state index is 8.69. The quantitative estimate of drug-likeness (QED) is 0.365. The molecular weight excluding hydrogens is 226 g/mol. The summed E-state index contributed by atoms with van der Waals surface area (Å²) in [5.74, 6) is 0.167. The first-order valence-electron chi connectivity index (χ1n) is 6.56. The molecule has 0 radical (unpaired) electrons. The molecular formula is C14H21N3O. The fourth-order valence-corrected chi connectivity index (χ4v) is 2.54. The van der Waals surface area contributed by atoms with Crippen LogP contribution in [0.2, 0.25) is 0 Å². The van der Waals surface area contributed by atoms with Gasteiger partial charge >= 0.3 is 0 Å². The van der Waals surface area contributed by atoms with E-state index in [1.807, 2.05) is 12.1 Å². The minimum Gasteiger partial charge on any atom is -0.409 e. The van der Waals surface area contributed by atoms with Crippen LogP contribution in [-0.4, -0.2) is 24.1 Å². The lowest BCUT2D eigenvalue weighted by Gasteiger charge is -2.24. The number of aryl methyl sites for hydroxylation is 1. The number of nitrogens with zero attached hydrogens (tertiary/aromatic N) is 2. The molecule has 1 fully saturated rings. The van der Waals surface area contributed by atoms with Crippen LogP contribution in [0.1, 0.15) is 36.8 Å². The van der Waals surface area contributed by atoms with E-state index in [4.69, 9.17) is 10.9 Å². The highest BCUT2D eigenvalue weighted by atomic mass is 16.4. The Kier molecular flexibility index (Phi) is 4.07. The van der Waals surface area contributed by atoms with Crippen molar-refractivity contribution in [2.75, 3.05) is 18.0 Å². The molecule has 0 aliphatic carbocycles. The van der Waals surface area contributed by atoms with Crippen molar-refractivity contribution in [2.45, 2.75) is 32.6 Å². The Morgan fingerprint density at radius 3 is 2.44 bits per heavy atom. The standard InChI is InChI=1S/C14H21N3O/c1-11-10-12(14(15)16-18)6-7-13(11)17-8-4-2-3-5-9-17/h6-7,10,18H,2-5,8-9H2,1H3,(H2,15,16). The molecule has 1 aromatic rings. The van der Waals surface area contributed by atoms with Crippen molar-refractivity contribution in [3.05, 3.63) is 29.3 Å². The van der Waals surface area contributed by atoms with Gasteiger partial charge < -0.3 is 15.8 Å². The molecule has 0 amide bonds. The number of rotatable bonds is 2. The van der Waals surface area contributed by atoms with Gasteiger partial charge in [0.25, 0.3) is 0 Å². The molecule has 4 heteroatoms. The number of amidine groups is 1. The number of benzene rings is 1. The van der Waals surface area contributed by atoms with Crippen LogP contribution in [0.15, 0.2) is 23.4 Å². The van der Waals surface area contributed by atoms with Crippen LogP contribution in [0.3, 0.4) is 0 Å². The predicted molar refractivity (Wildman–Crippen MR) is 74.4 cm³/mol. The molecule has 1 saturated heterocycles. The summed E-state index contributed by atoms with van der Waals surface area (Å²) in [5, 5.41) is 11.7. The first-order chi connectivity index (χ1) is 8.72. The lowest BCUT2D eigenvalue weighted by Crippen LogP contribution is -2.25. The second kappa shape index (κ2) is 5.76. The van der Waals surface area contributed by atoms with E-state index in [9.17, 15) is 0 Å². The molecule has 3 N–H and O–H groups in total. The van der Waals surface area contributed by atoms with Crippen molar-refractivity contribution in [1.82, 2.24) is 0 Å². The molecule has 1 aromatic carbocycles. The van der Waals surface area contributed by atoms with Crippen LogP contribution in [0, 0.1) is 6.92 Å². The fraction of sp³-hybridized carbons (Fsp3) is 0.500. The van der Waals surface area contributed by atoms with Gasteiger partial charge in [-0.3, -0.25) is 0 Å². The van der Waals surface area contributed by atoms with Crippen LogP contribution in [-0.2, 0) is 0 Å². The van der Waals surface area contributed by atoms with Crippen LogP contribution >= 0.6 is 0 Å². The van der Waals surface area contributed by atoms with Crippen LogP contribution in [0.25, 0.3) is 0 Å². The van der Waals surface area contributed by atoms with E-state index in [0.29, 0.717) is 0 Å². The van der Waals surface area contributed by atoms with Crippen LogP contribution in [0.4, 0.5) is 5.69 Å². The minimum absolute atomic E-state index is 0.167. The normalized spacial score (nSPS) is 17.6. The zero-order valence-corrected chi connectivity index (χ0v) is 10.9. The molecule has 2 rings (SSSR count). The van der Waals surface area contributed by atoms with Gasteiger partial charge in [-0.25, -0.2) is 0 Å². The summed E-state index contributed by atoms with van der Waals surface area (Å²) < 4.78 is 0. The summed E-state index contributed by atoms with van der Waals surface area (Å²) in [5.41, 5.74) is 8.83. The van der Waals surface area contributed by atoms with Gasteiger partial charge in [0.05, 0.1) is 0 Å². The van der Waals surface area contributed by atoms with Crippen molar-refractivity contribution >= 4 is 11.5 Å². The first-order valence-corrected chi connectivity index (χ1v) is 6.56. The summed E-state index contributed by atoms with van der Waals surface area (Å²) in [6.45, 7) is 4.34. The van der Waals surface area contributed by atoms with Crippen LogP contribution in [0.5, 0.6) is 0 Å². The number of hydrogen-bond acceptors (Lipinski definition) is 3. The lowest BCUT2D eigenvalue weighted by atomic mass is 10.1. The lowest BCUT2D eigenvalue weighted by molar-refractivity contribution is 0.318. The molecule has 0 aromatic heterocycles. The van der Waals surface area contributed by atoms with Crippen molar-refractivity contribution in [3.63, 3.8) is 0 Å². The van der Waals surface area contributed by atoms with Gasteiger partial charge in [-0.2, -0.15) is 0 Å². The number of nitrogens with two attached hydrogens (primary N) is 1. The Labute approximate surface area is 108 Å². The molecule has 1 aliphatic heterocycles. The van der Waals surface area contributed by atoms with Gasteiger partial charge in [0.15, 0.2) is 5.84 Å². The maximum atomic E-state index is 8.69. The third-order valence-electron chi connectivity index (χ3n) is 3.55. The van der Waals surface area contributed by atoms with E-state index in [0.717, 1.165) is 18.7 Å². The maximum Gasteiger partial charge on any atom is 0.170 e. The van der Waals surface area contributed by atoms with Crippen LogP contribution < -0.4 is 10.6 Å². The Morgan fingerprint density at radius 1 is 1.22 bits per heavy atom. The third-order valence-corrected chi connectivity index (χ3v) is 3.55. The van der Waals surface area contributed by atoms with Gasteiger partial charge in [-0.1, -0.05) is 18.0 Å². The summed E-state index contributed by atoms with van der Waals surface area (Å²) in [6.07, 6.45) is 5.19. The zero-order chi connectivity index (χ0) is 13.0. The molecule has 0 unspecified atom stereocenters. The Morgan fingerprint density at radius 2 is 1.89 bits per heavy atom. The van der Waals surface area contributed by atoms with Crippen molar-refractivity contribution < 1.29 is 5.21 Å². The first kappa shape index (κ1) is 12.7. The van der Waals surface area contributed by atoms with E-state index in [2.05, 4.69) is 23.0 Å². The highest BCUT2D eigenvalue weighted by Crippen LogP contribution is 2.24. The van der Waals surface area contributed by atoms with E-state index in [1.165, 1.54) is 36.9 Å². The Balaban J connectivity index is 2.23. The molecule has 18 heavy (non-hydrogen) atoms. The monoisotopic (exact) mass is 247 g/mol. The SMILES string of the molecule is Cc1cc(/C(N)=N/O)ccc1N1CCCCCC1. The second-order valence-electron chi connectivity index (χ2n) is 4.89. The van der Waals surface area contributed by atoms with Gasteiger partial charge in [-0.15, -0.1) is 0 Å². The molecule has 98 valence electrons. The average Bonchev–Trinajstić information content (AvgIpc) is 2.66. The molecule has 1 heterocycles. The van der Waals surface area contributed by atoms with Gasteiger partial charge in [-0.05, 0) is 43.5 Å². The van der Waals surface area contributed by atoms with Crippen molar-refractivity contribution in [1.29, 1.82) is 0 Å². The number of anilines is 1. The van der Waals surface area contributed by atoms with E-state index >= 15 is 0 Å². The topological polar surface area (TPSA) is 61.9 Å². The second-order valence-corrected chi connectivity index (χ2v) is 4.89. The fourth-order valence-electron chi connectivity index (χ4n) is 2.54. The highest BCUT2D eigenvalue weighted by Gasteiger charge is 2.12. The molecule has 1 aliphatic rings. The average molecular weight is 247 g/mol. The Hall–Kier alpha value is -1.71. The number of oxime groups is 1. The van der Waals surface area contributed by atoms with E-state index in [1.54, 1.807) is 0 Å². The molecule has 0 bridgehead atoms. The van der Waals surface area contributed by atoms with Gasteiger partial charge in [0.2, 0.25) is 0 Å². The number of hydrogen-bond donors (Lipinski definition) is 2. The molecule has 0 saturated carbocycles. The van der Waals surface area contributed by atoms with Crippen molar-refractivity contribution in [2.24, 2.45) is 10.9 Å². The molecule has 0 spiro atoms. The smallest absolute Gasteiger partial charge is 0.170 e. The largest absolute Gasteiger partial charge is 0.409 e. The summed E-state index contributed by atoms with van der Waals surface area (Å²) in [6, 6.07) is 5.98. The predicted octanol–water partition coefficient (Wildman–Crippen LogP) is 2.47. The van der Waals surface area contributed by atoms with E-state index < -0.39 is 0 Å². The van der Waals surface area contributed by atoms with Gasteiger partial charge in [0.1, 0.15) is 0 Å². The molecule has 4 nitrogen and oxygen atoms in total. The summed E-state index contributed by atoms with van der Waals surface area (Å²) >= 11 is 0. The van der Waals surface area contributed by atoms with Gasteiger partial charge in [0, 0.05) is 24.3 Å². The Bertz CT molecular complexity index is 435. The highest BCUT2D eigenvalue weighted by molar-refractivity contribution is 5.97. The summed E-state index contributed by atoms with van der Waals surface area (Å²) in [4.78, 5) is 2.44. The van der Waals surface area contributed by atoms with E-state index in [-0.39, 0.29) is 5.84 Å². The molecule has 0 atom stereocenters.